The van der Waals surface area contributed by atoms with Gasteiger partial charge in [0.25, 0.3) is 0 Å². The molecule has 0 unspecified atom stereocenters. The number of fused-ring (bicyclic) bond motifs is 2. The van der Waals surface area contributed by atoms with Crippen LogP contribution in [-0.2, 0) is 18.6 Å². The Kier molecular flexibility index (Phi) is 5.56. The van der Waals surface area contributed by atoms with Crippen molar-refractivity contribution in [3.8, 4) is 11.5 Å². The molecule has 2 N–H and O–H groups in total. The van der Waals surface area contributed by atoms with Crippen LogP contribution in [0.25, 0.3) is 10.9 Å². The lowest BCUT2D eigenvalue weighted by molar-refractivity contribution is 0.0970. The number of H-pyrrole nitrogens is 2. The molecule has 0 radical (unpaired) electrons. The fourth-order valence-electron chi connectivity index (χ4n) is 5.11. The molecule has 5 aromatic rings. The van der Waals surface area contributed by atoms with Gasteiger partial charge in [-0.1, -0.05) is 36.4 Å². The van der Waals surface area contributed by atoms with Gasteiger partial charge in [0.1, 0.15) is 18.1 Å². The number of carbonyl (C=O) groups excluding carboxylic acids is 1. The molecule has 0 saturated carbocycles. The van der Waals surface area contributed by atoms with Crippen LogP contribution in [-0.4, -0.2) is 20.7 Å². The first-order valence-corrected chi connectivity index (χ1v) is 12.2. The average Bonchev–Trinajstić information content (AvgIpc) is 3.62. The third-order valence-electron chi connectivity index (χ3n) is 7.04. The summed E-state index contributed by atoms with van der Waals surface area (Å²) in [6, 6.07) is 21.8. The fraction of sp³-hybridized carbons (Fsp3) is 0.200. The molecule has 1 atom stereocenters. The number of nitrogens with zero attached hydrogens (tertiary/aromatic N) is 1. The number of carbonyl (C=O) groups is 1. The highest BCUT2D eigenvalue weighted by Crippen LogP contribution is 2.39. The van der Waals surface area contributed by atoms with Gasteiger partial charge in [-0.3, -0.25) is 4.79 Å². The first-order valence-electron chi connectivity index (χ1n) is 12.2. The van der Waals surface area contributed by atoms with Crippen LogP contribution < -0.4 is 9.47 Å². The van der Waals surface area contributed by atoms with Crippen LogP contribution in [0.5, 0.6) is 11.5 Å². The summed E-state index contributed by atoms with van der Waals surface area (Å²) in [6.45, 7) is 2.30. The lowest BCUT2D eigenvalue weighted by Crippen LogP contribution is -2.33. The van der Waals surface area contributed by atoms with Crippen molar-refractivity contribution >= 4 is 16.7 Å². The van der Waals surface area contributed by atoms with Crippen molar-refractivity contribution in [2.45, 2.75) is 38.4 Å². The topological polar surface area (TPSA) is 80.0 Å². The predicted molar refractivity (Wildman–Crippen MR) is 138 cm³/mol. The highest BCUT2D eigenvalue weighted by Gasteiger charge is 2.35. The minimum atomic E-state index is -0.868. The number of benzene rings is 3. The Hall–Kier alpha value is -4.32. The normalized spacial score (nSPS) is 14.9. The summed E-state index contributed by atoms with van der Waals surface area (Å²) in [5.74, 6) is 2.35. The molecule has 0 bridgehead atoms. The SMILES string of the molecule is C[C@](Oc1ccc2c(c1COc1cccc3[nH]ccc13)CCCC2=O)(c1ccccc1)c1ncc[nH]1. The van der Waals surface area contributed by atoms with Crippen molar-refractivity contribution in [2.75, 3.05) is 0 Å². The van der Waals surface area contributed by atoms with E-state index in [2.05, 4.69) is 15.0 Å². The van der Waals surface area contributed by atoms with Crippen LogP contribution in [0.3, 0.4) is 0 Å². The second-order valence-corrected chi connectivity index (χ2v) is 9.27. The molecule has 0 amide bonds. The van der Waals surface area contributed by atoms with Crippen molar-refractivity contribution in [2.24, 2.45) is 0 Å². The van der Waals surface area contributed by atoms with Gasteiger partial charge in [0.2, 0.25) is 0 Å². The fourth-order valence-corrected chi connectivity index (χ4v) is 5.11. The molecule has 6 nitrogen and oxygen atoms in total. The van der Waals surface area contributed by atoms with Gasteiger partial charge in [-0.25, -0.2) is 4.98 Å². The van der Waals surface area contributed by atoms with E-state index in [0.29, 0.717) is 24.6 Å². The number of hydrogen-bond acceptors (Lipinski definition) is 4. The van der Waals surface area contributed by atoms with E-state index < -0.39 is 5.60 Å². The summed E-state index contributed by atoms with van der Waals surface area (Å²) in [5, 5.41) is 1.02. The zero-order valence-corrected chi connectivity index (χ0v) is 20.1. The Morgan fingerprint density at radius 2 is 1.81 bits per heavy atom. The number of Topliss-reactive ketones (excluding diaryl/α,β-unsaturated/α-hetero) is 1. The van der Waals surface area contributed by atoms with Gasteiger partial charge in [0, 0.05) is 52.6 Å². The summed E-state index contributed by atoms with van der Waals surface area (Å²) < 4.78 is 13.2. The van der Waals surface area contributed by atoms with Gasteiger partial charge >= 0.3 is 0 Å². The molecule has 2 heterocycles. The Morgan fingerprint density at radius 1 is 0.917 bits per heavy atom. The lowest BCUT2D eigenvalue weighted by Gasteiger charge is -2.32. The summed E-state index contributed by atoms with van der Waals surface area (Å²) >= 11 is 0. The number of nitrogens with one attached hydrogen (secondary N) is 2. The van der Waals surface area contributed by atoms with Crippen molar-refractivity contribution in [3.05, 3.63) is 113 Å². The average molecular weight is 478 g/mol. The van der Waals surface area contributed by atoms with Crippen LogP contribution in [0, 0.1) is 0 Å². The molecular weight excluding hydrogens is 450 g/mol. The van der Waals surface area contributed by atoms with Crippen molar-refractivity contribution < 1.29 is 14.3 Å². The van der Waals surface area contributed by atoms with Crippen LogP contribution in [0.4, 0.5) is 0 Å². The van der Waals surface area contributed by atoms with E-state index in [1.54, 1.807) is 12.4 Å². The van der Waals surface area contributed by atoms with Gasteiger partial charge in [-0.15, -0.1) is 0 Å². The molecule has 0 saturated heterocycles. The zero-order chi connectivity index (χ0) is 24.5. The van der Waals surface area contributed by atoms with Gasteiger partial charge in [-0.2, -0.15) is 0 Å². The first kappa shape index (κ1) is 22.2. The van der Waals surface area contributed by atoms with E-state index in [1.165, 1.54) is 0 Å². The zero-order valence-electron chi connectivity index (χ0n) is 20.1. The summed E-state index contributed by atoms with van der Waals surface area (Å²) in [4.78, 5) is 23.8. The van der Waals surface area contributed by atoms with E-state index in [9.17, 15) is 4.79 Å². The quantitative estimate of drug-likeness (QED) is 0.287. The van der Waals surface area contributed by atoms with Crippen LogP contribution in [0.15, 0.2) is 85.3 Å². The summed E-state index contributed by atoms with van der Waals surface area (Å²) in [7, 11) is 0. The first-order chi connectivity index (χ1) is 17.6. The van der Waals surface area contributed by atoms with Gasteiger partial charge in [0.15, 0.2) is 17.2 Å². The van der Waals surface area contributed by atoms with E-state index in [-0.39, 0.29) is 5.78 Å². The van der Waals surface area contributed by atoms with Gasteiger partial charge in [0.05, 0.1) is 0 Å². The molecule has 0 spiro atoms. The standard InChI is InChI=1S/C30H27N3O3/c1-30(29-32-17-18-33-29,20-7-3-2-4-8-20)36-28-14-13-22-21(9-5-11-26(22)34)24(28)19-35-27-12-6-10-25-23(27)15-16-31-25/h2-4,6-8,10,12-18,31H,5,9,11,19H2,1H3,(H,32,33)/t30-/m0/s1. The molecule has 0 fully saturated rings. The molecule has 6 rings (SSSR count). The number of ketones is 1. The summed E-state index contributed by atoms with van der Waals surface area (Å²) in [6.07, 6.45) is 7.64. The molecule has 1 aliphatic rings. The lowest BCUT2D eigenvalue weighted by atomic mass is 9.86. The maximum absolute atomic E-state index is 12.8. The Balaban J connectivity index is 1.44. The van der Waals surface area contributed by atoms with Crippen LogP contribution in [0.1, 0.15) is 52.6 Å². The highest BCUT2D eigenvalue weighted by molar-refractivity contribution is 5.99. The number of aromatic nitrogens is 3. The predicted octanol–water partition coefficient (Wildman–Crippen LogP) is 6.33. The van der Waals surface area contributed by atoms with Gasteiger partial charge < -0.3 is 19.4 Å². The minimum Gasteiger partial charge on any atom is -0.488 e. The smallest absolute Gasteiger partial charge is 0.188 e. The third kappa shape index (κ3) is 3.85. The Morgan fingerprint density at radius 3 is 2.64 bits per heavy atom. The number of hydrogen-bond donors (Lipinski definition) is 2. The molecular formula is C30H27N3O3. The molecule has 0 aliphatic heterocycles. The largest absolute Gasteiger partial charge is 0.488 e. The van der Waals surface area contributed by atoms with E-state index >= 15 is 0 Å². The van der Waals surface area contributed by atoms with E-state index in [1.807, 2.05) is 79.9 Å². The molecule has 3 aromatic carbocycles. The third-order valence-corrected chi connectivity index (χ3v) is 7.04. The maximum atomic E-state index is 12.8. The van der Waals surface area contributed by atoms with Gasteiger partial charge in [-0.05, 0) is 55.7 Å². The second kappa shape index (κ2) is 9.04. The highest BCUT2D eigenvalue weighted by atomic mass is 16.5. The Bertz CT molecular complexity index is 1520. The number of rotatable bonds is 7. The number of imidazole rings is 1. The Labute approximate surface area is 209 Å². The van der Waals surface area contributed by atoms with Crippen molar-refractivity contribution in [1.29, 1.82) is 0 Å². The minimum absolute atomic E-state index is 0.175. The summed E-state index contributed by atoms with van der Waals surface area (Å²) in [5.41, 5.74) is 3.81. The second-order valence-electron chi connectivity index (χ2n) is 9.27. The molecule has 180 valence electrons. The van der Waals surface area contributed by atoms with Crippen LogP contribution >= 0.6 is 0 Å². The molecule has 1 aliphatic carbocycles. The van der Waals surface area contributed by atoms with Crippen molar-refractivity contribution in [1.82, 2.24) is 15.0 Å². The molecule has 6 heteroatoms. The van der Waals surface area contributed by atoms with E-state index in [0.717, 1.165) is 51.7 Å². The number of aromatic amines is 2. The van der Waals surface area contributed by atoms with Crippen LogP contribution in [0.2, 0.25) is 0 Å². The molecule has 36 heavy (non-hydrogen) atoms. The maximum Gasteiger partial charge on any atom is 0.188 e. The number of ether oxygens (including phenoxy) is 2. The molecule has 2 aromatic heterocycles. The van der Waals surface area contributed by atoms with Crippen molar-refractivity contribution in [3.63, 3.8) is 0 Å². The monoisotopic (exact) mass is 477 g/mol. The van der Waals surface area contributed by atoms with E-state index in [4.69, 9.17) is 9.47 Å².